The van der Waals surface area contributed by atoms with Crippen LogP contribution in [0.2, 0.25) is 0 Å². The summed E-state index contributed by atoms with van der Waals surface area (Å²) in [7, 11) is 0. The third kappa shape index (κ3) is 2.10. The third-order valence-corrected chi connectivity index (χ3v) is 8.69. The van der Waals surface area contributed by atoms with Gasteiger partial charge in [-0.3, -0.25) is 4.79 Å². The first-order valence-electron chi connectivity index (χ1n) is 10.6. The molecule has 5 aliphatic rings. The van der Waals surface area contributed by atoms with Crippen molar-refractivity contribution in [3.05, 3.63) is 12.2 Å². The van der Waals surface area contributed by atoms with Gasteiger partial charge >= 0.3 is 5.97 Å². The van der Waals surface area contributed by atoms with E-state index in [1.165, 1.54) is 44.9 Å². The second-order valence-corrected chi connectivity index (χ2v) is 9.63. The van der Waals surface area contributed by atoms with Crippen LogP contribution in [0, 0.1) is 40.9 Å². The molecule has 0 amide bonds. The third-order valence-electron chi connectivity index (χ3n) is 8.69. The fourth-order valence-electron chi connectivity index (χ4n) is 7.55. The molecule has 0 N–H and O–H groups in total. The van der Waals surface area contributed by atoms with Gasteiger partial charge < -0.3 is 4.74 Å². The van der Waals surface area contributed by atoms with E-state index in [0.29, 0.717) is 11.3 Å². The molecule has 7 unspecified atom stereocenters. The van der Waals surface area contributed by atoms with Gasteiger partial charge in [-0.25, -0.2) is 0 Å². The molecule has 4 saturated carbocycles. The molecule has 0 aromatic carbocycles. The van der Waals surface area contributed by atoms with Gasteiger partial charge in [0.15, 0.2) is 0 Å². The van der Waals surface area contributed by atoms with Crippen LogP contribution in [0.15, 0.2) is 12.2 Å². The summed E-state index contributed by atoms with van der Waals surface area (Å²) in [5, 5.41) is 0. The number of allylic oxidation sites excluding steroid dienone is 2. The van der Waals surface area contributed by atoms with E-state index in [-0.39, 0.29) is 18.0 Å². The molecule has 4 fully saturated rings. The molecule has 0 aromatic heterocycles. The van der Waals surface area contributed by atoms with Gasteiger partial charge in [-0.2, -0.15) is 0 Å². The molecule has 0 spiro atoms. The highest BCUT2D eigenvalue weighted by Gasteiger charge is 2.68. The Bertz CT molecular complexity index is 544. The summed E-state index contributed by atoms with van der Waals surface area (Å²) >= 11 is 0. The predicted molar refractivity (Wildman–Crippen MR) is 94.2 cm³/mol. The SMILES string of the molecule is CC12C3C=CC(C3)C1C1CC2CC1C(=O)OC1CCCCCCC1. The van der Waals surface area contributed by atoms with Crippen molar-refractivity contribution in [3.8, 4) is 0 Å². The summed E-state index contributed by atoms with van der Waals surface area (Å²) in [6.07, 6.45) is 17.6. The van der Waals surface area contributed by atoms with E-state index in [2.05, 4.69) is 19.1 Å². The molecule has 5 aliphatic carbocycles. The minimum absolute atomic E-state index is 0.168. The van der Waals surface area contributed by atoms with Crippen molar-refractivity contribution < 1.29 is 9.53 Å². The Kier molecular flexibility index (Phi) is 3.61. The lowest BCUT2D eigenvalue weighted by Crippen LogP contribution is -2.42. The number of carbonyl (C=O) groups excluding carboxylic acids is 1. The molecular weight excluding hydrogens is 296 g/mol. The first-order chi connectivity index (χ1) is 11.7. The highest BCUT2D eigenvalue weighted by Crippen LogP contribution is 2.73. The Morgan fingerprint density at radius 2 is 1.75 bits per heavy atom. The molecule has 4 bridgehead atoms. The van der Waals surface area contributed by atoms with Crippen molar-refractivity contribution in [1.29, 1.82) is 0 Å². The Morgan fingerprint density at radius 1 is 1.00 bits per heavy atom. The zero-order chi connectivity index (χ0) is 16.3. The van der Waals surface area contributed by atoms with E-state index in [0.717, 1.165) is 42.9 Å². The van der Waals surface area contributed by atoms with Crippen LogP contribution in [0.3, 0.4) is 0 Å². The highest BCUT2D eigenvalue weighted by atomic mass is 16.5. The lowest BCUT2D eigenvalue weighted by molar-refractivity contribution is -0.159. The normalized spacial score (nSPS) is 49.9. The zero-order valence-corrected chi connectivity index (χ0v) is 15.1. The summed E-state index contributed by atoms with van der Waals surface area (Å²) in [6.45, 7) is 2.53. The standard InChI is InChI=1S/C22H32O2/c1-22-15-10-9-14(11-15)20(22)18-12-16(22)13-19(18)21(23)24-17-7-5-3-2-4-6-8-17/h9-10,14-20H,2-8,11-13H2,1H3. The van der Waals surface area contributed by atoms with Crippen molar-refractivity contribution >= 4 is 5.97 Å². The van der Waals surface area contributed by atoms with Crippen LogP contribution in [-0.2, 0) is 9.53 Å². The van der Waals surface area contributed by atoms with E-state index in [1.807, 2.05) is 0 Å². The summed E-state index contributed by atoms with van der Waals surface area (Å²) in [5.41, 5.74) is 0.501. The van der Waals surface area contributed by atoms with Crippen LogP contribution < -0.4 is 0 Å². The first kappa shape index (κ1) is 15.5. The average Bonchev–Trinajstić information content (AvgIpc) is 3.26. The van der Waals surface area contributed by atoms with Gasteiger partial charge in [0.25, 0.3) is 0 Å². The second kappa shape index (κ2) is 5.61. The molecule has 5 rings (SSSR count). The van der Waals surface area contributed by atoms with Crippen LogP contribution in [0.4, 0.5) is 0 Å². The summed E-state index contributed by atoms with van der Waals surface area (Å²) < 4.78 is 6.07. The molecule has 7 atom stereocenters. The molecule has 0 aromatic rings. The van der Waals surface area contributed by atoms with Gasteiger partial charge in [-0.15, -0.1) is 0 Å². The maximum Gasteiger partial charge on any atom is 0.309 e. The van der Waals surface area contributed by atoms with E-state index in [4.69, 9.17) is 4.74 Å². The summed E-state index contributed by atoms with van der Waals surface area (Å²) in [6, 6.07) is 0. The molecule has 0 radical (unpaired) electrons. The van der Waals surface area contributed by atoms with Crippen LogP contribution in [0.1, 0.15) is 71.1 Å². The van der Waals surface area contributed by atoms with Crippen LogP contribution in [0.5, 0.6) is 0 Å². The van der Waals surface area contributed by atoms with Crippen molar-refractivity contribution in [2.75, 3.05) is 0 Å². The van der Waals surface area contributed by atoms with E-state index < -0.39 is 0 Å². The summed E-state index contributed by atoms with van der Waals surface area (Å²) in [5.74, 6) is 4.08. The van der Waals surface area contributed by atoms with E-state index in [9.17, 15) is 4.79 Å². The van der Waals surface area contributed by atoms with E-state index >= 15 is 0 Å². The number of hydrogen-bond acceptors (Lipinski definition) is 2. The molecule has 0 saturated heterocycles. The average molecular weight is 328 g/mol. The minimum atomic E-state index is 0.168. The molecule has 0 heterocycles. The maximum absolute atomic E-state index is 13.0. The minimum Gasteiger partial charge on any atom is -0.462 e. The van der Waals surface area contributed by atoms with Gasteiger partial charge in [-0.1, -0.05) is 38.3 Å². The Hall–Kier alpha value is -0.790. The fourth-order valence-corrected chi connectivity index (χ4v) is 7.55. The highest BCUT2D eigenvalue weighted by molar-refractivity contribution is 5.74. The molecule has 24 heavy (non-hydrogen) atoms. The second-order valence-electron chi connectivity index (χ2n) is 9.63. The molecule has 2 nitrogen and oxygen atoms in total. The molecule has 2 heteroatoms. The quantitative estimate of drug-likeness (QED) is 0.399. The Labute approximate surface area is 146 Å². The van der Waals surface area contributed by atoms with Gasteiger partial charge in [-0.05, 0) is 80.0 Å². The van der Waals surface area contributed by atoms with Crippen molar-refractivity contribution in [1.82, 2.24) is 0 Å². The predicted octanol–water partition coefficient (Wildman–Crippen LogP) is 5.13. The number of ether oxygens (including phenoxy) is 1. The number of fused-ring (bicyclic) bond motifs is 9. The van der Waals surface area contributed by atoms with Gasteiger partial charge in [0.1, 0.15) is 6.10 Å². The van der Waals surface area contributed by atoms with Crippen molar-refractivity contribution in [2.24, 2.45) is 40.9 Å². The van der Waals surface area contributed by atoms with Crippen LogP contribution >= 0.6 is 0 Å². The topological polar surface area (TPSA) is 26.3 Å². The lowest BCUT2D eigenvalue weighted by atomic mass is 9.60. The van der Waals surface area contributed by atoms with Gasteiger partial charge in [0, 0.05) is 0 Å². The van der Waals surface area contributed by atoms with Crippen molar-refractivity contribution in [3.63, 3.8) is 0 Å². The van der Waals surface area contributed by atoms with Gasteiger partial charge in [0.05, 0.1) is 5.92 Å². The smallest absolute Gasteiger partial charge is 0.309 e. The largest absolute Gasteiger partial charge is 0.462 e. The van der Waals surface area contributed by atoms with Crippen LogP contribution in [0.25, 0.3) is 0 Å². The van der Waals surface area contributed by atoms with E-state index in [1.54, 1.807) is 0 Å². The number of carbonyl (C=O) groups is 1. The number of hydrogen-bond donors (Lipinski definition) is 0. The monoisotopic (exact) mass is 328 g/mol. The van der Waals surface area contributed by atoms with Crippen molar-refractivity contribution in [2.45, 2.75) is 77.2 Å². The molecular formula is C22H32O2. The van der Waals surface area contributed by atoms with Gasteiger partial charge in [0.2, 0.25) is 0 Å². The molecule has 0 aliphatic heterocycles. The van der Waals surface area contributed by atoms with Crippen LogP contribution in [-0.4, -0.2) is 12.1 Å². The maximum atomic E-state index is 13.0. The number of rotatable bonds is 2. The zero-order valence-electron chi connectivity index (χ0n) is 15.1. The first-order valence-corrected chi connectivity index (χ1v) is 10.6. The Balaban J connectivity index is 1.28. The fraction of sp³-hybridized carbons (Fsp3) is 0.864. The lowest BCUT2D eigenvalue weighted by Gasteiger charge is -2.44. The number of esters is 1. The Morgan fingerprint density at radius 3 is 2.54 bits per heavy atom. The molecule has 132 valence electrons. The summed E-state index contributed by atoms with van der Waals surface area (Å²) in [4.78, 5) is 13.0.